The first-order chi connectivity index (χ1) is 8.78. The molecule has 2 rings (SSSR count). The van der Waals surface area contributed by atoms with Crippen molar-refractivity contribution >= 4 is 5.82 Å². The van der Waals surface area contributed by atoms with Crippen LogP contribution in [0.4, 0.5) is 5.82 Å². The largest absolute Gasteiger partial charge is 0.377 e. The van der Waals surface area contributed by atoms with Gasteiger partial charge in [-0.3, -0.25) is 0 Å². The number of nitrogens with zero attached hydrogens (tertiary/aromatic N) is 2. The fourth-order valence-electron chi connectivity index (χ4n) is 2.30. The topological polar surface area (TPSA) is 60.6 Å². The van der Waals surface area contributed by atoms with E-state index in [4.69, 9.17) is 15.2 Å². The van der Waals surface area contributed by atoms with Crippen LogP contribution in [0.25, 0.3) is 0 Å². The second-order valence-electron chi connectivity index (χ2n) is 4.52. The van der Waals surface area contributed by atoms with E-state index in [0.29, 0.717) is 6.54 Å². The summed E-state index contributed by atoms with van der Waals surface area (Å²) < 4.78 is 10.8. The van der Waals surface area contributed by atoms with Crippen LogP contribution in [-0.4, -0.2) is 51.0 Å². The molecule has 0 saturated carbocycles. The molecule has 1 aliphatic rings. The van der Waals surface area contributed by atoms with E-state index in [-0.39, 0.29) is 12.2 Å². The predicted molar refractivity (Wildman–Crippen MR) is 70.8 cm³/mol. The van der Waals surface area contributed by atoms with Gasteiger partial charge in [-0.25, -0.2) is 4.98 Å². The van der Waals surface area contributed by atoms with E-state index < -0.39 is 0 Å². The Kier molecular flexibility index (Phi) is 4.52. The summed E-state index contributed by atoms with van der Waals surface area (Å²) in [5.41, 5.74) is 6.70. The number of aromatic nitrogens is 1. The Hall–Kier alpha value is -1.17. The highest BCUT2D eigenvalue weighted by atomic mass is 16.5. The third-order valence-corrected chi connectivity index (χ3v) is 3.39. The Morgan fingerprint density at radius 3 is 2.39 bits per heavy atom. The molecule has 1 saturated heterocycles. The maximum Gasteiger partial charge on any atom is 0.128 e. The molecule has 1 aromatic heterocycles. The van der Waals surface area contributed by atoms with Crippen molar-refractivity contribution in [2.45, 2.75) is 18.6 Å². The molecule has 0 bridgehead atoms. The van der Waals surface area contributed by atoms with Gasteiger partial charge in [0.25, 0.3) is 0 Å². The lowest BCUT2D eigenvalue weighted by Crippen LogP contribution is -2.27. The molecule has 0 aliphatic carbocycles. The van der Waals surface area contributed by atoms with Crippen LogP contribution in [0.15, 0.2) is 18.3 Å². The molecular formula is C13H21N3O2. The van der Waals surface area contributed by atoms with Crippen LogP contribution in [0, 0.1) is 0 Å². The Morgan fingerprint density at radius 1 is 1.28 bits per heavy atom. The van der Waals surface area contributed by atoms with E-state index in [1.165, 1.54) is 5.56 Å². The molecule has 1 aliphatic heterocycles. The number of hydrogen-bond donors (Lipinski definition) is 1. The van der Waals surface area contributed by atoms with Gasteiger partial charge in [-0.2, -0.15) is 0 Å². The number of hydrogen-bond acceptors (Lipinski definition) is 5. The van der Waals surface area contributed by atoms with Gasteiger partial charge in [0.05, 0.1) is 0 Å². The van der Waals surface area contributed by atoms with Gasteiger partial charge in [-0.1, -0.05) is 6.07 Å². The quantitative estimate of drug-likeness (QED) is 0.822. The second kappa shape index (κ2) is 6.13. The molecule has 5 nitrogen and oxygen atoms in total. The fraction of sp³-hybridized carbons (Fsp3) is 0.615. The summed E-state index contributed by atoms with van der Waals surface area (Å²) in [5, 5.41) is 0. The van der Waals surface area contributed by atoms with E-state index in [2.05, 4.69) is 16.0 Å². The molecule has 2 atom stereocenters. The monoisotopic (exact) mass is 251 g/mol. The summed E-state index contributed by atoms with van der Waals surface area (Å²) >= 11 is 0. The van der Waals surface area contributed by atoms with E-state index in [1.807, 2.05) is 12.3 Å². The summed E-state index contributed by atoms with van der Waals surface area (Å²) in [7, 11) is 3.44. The van der Waals surface area contributed by atoms with Gasteiger partial charge in [0.2, 0.25) is 0 Å². The number of nitrogens with two attached hydrogens (primary N) is 1. The van der Waals surface area contributed by atoms with Crippen molar-refractivity contribution < 1.29 is 9.47 Å². The van der Waals surface area contributed by atoms with Crippen LogP contribution in [0.1, 0.15) is 5.56 Å². The van der Waals surface area contributed by atoms with Crippen molar-refractivity contribution in [3.8, 4) is 0 Å². The normalized spacial score (nSPS) is 23.6. The molecule has 0 aromatic carbocycles. The Balaban J connectivity index is 2.04. The second-order valence-corrected chi connectivity index (χ2v) is 4.52. The summed E-state index contributed by atoms with van der Waals surface area (Å²) in [6, 6.07) is 4.12. The third kappa shape index (κ3) is 2.80. The number of pyridine rings is 1. The van der Waals surface area contributed by atoms with E-state index in [1.54, 1.807) is 14.2 Å². The van der Waals surface area contributed by atoms with Gasteiger partial charge in [0, 0.05) is 33.5 Å². The minimum atomic E-state index is 0.112. The molecule has 0 amide bonds. The number of rotatable bonds is 5. The van der Waals surface area contributed by atoms with Crippen LogP contribution < -0.4 is 10.6 Å². The van der Waals surface area contributed by atoms with Crippen LogP contribution in [0.2, 0.25) is 0 Å². The van der Waals surface area contributed by atoms with Crippen LogP contribution in [0.5, 0.6) is 0 Å². The fourth-order valence-corrected chi connectivity index (χ4v) is 2.30. The summed E-state index contributed by atoms with van der Waals surface area (Å²) in [4.78, 5) is 6.67. The molecule has 1 fully saturated rings. The number of anilines is 1. The summed E-state index contributed by atoms with van der Waals surface area (Å²) in [6.45, 7) is 2.29. The maximum absolute atomic E-state index is 5.52. The first-order valence-corrected chi connectivity index (χ1v) is 6.24. The minimum absolute atomic E-state index is 0.112. The molecular weight excluding hydrogens is 230 g/mol. The van der Waals surface area contributed by atoms with Gasteiger partial charge in [0.1, 0.15) is 18.0 Å². The van der Waals surface area contributed by atoms with Crippen molar-refractivity contribution in [2.75, 3.05) is 38.8 Å². The van der Waals surface area contributed by atoms with Gasteiger partial charge >= 0.3 is 0 Å². The number of ether oxygens (including phenoxy) is 2. The molecule has 0 spiro atoms. The third-order valence-electron chi connectivity index (χ3n) is 3.39. The van der Waals surface area contributed by atoms with Crippen LogP contribution in [-0.2, 0) is 15.9 Å². The Bertz CT molecular complexity index is 357. The maximum atomic E-state index is 5.52. The molecule has 100 valence electrons. The lowest BCUT2D eigenvalue weighted by Gasteiger charge is -2.16. The molecule has 2 heterocycles. The zero-order valence-corrected chi connectivity index (χ0v) is 11.0. The predicted octanol–water partition coefficient (Wildman–Crippen LogP) is 0.433. The van der Waals surface area contributed by atoms with E-state index in [0.717, 1.165) is 25.3 Å². The van der Waals surface area contributed by atoms with E-state index >= 15 is 0 Å². The van der Waals surface area contributed by atoms with Gasteiger partial charge < -0.3 is 20.1 Å². The zero-order valence-electron chi connectivity index (χ0n) is 11.0. The van der Waals surface area contributed by atoms with Crippen LogP contribution in [0.3, 0.4) is 0 Å². The Labute approximate surface area is 108 Å². The highest BCUT2D eigenvalue weighted by Crippen LogP contribution is 2.21. The standard InChI is InChI=1S/C13H21N3O2/c1-17-11-8-16(9-12(11)18-2)13-4-3-10(5-6-14)7-15-13/h3-4,7,11-12H,5-6,8-9,14H2,1-2H3. The van der Waals surface area contributed by atoms with Crippen molar-refractivity contribution in [1.29, 1.82) is 0 Å². The average Bonchev–Trinajstić information content (AvgIpc) is 2.83. The Morgan fingerprint density at radius 2 is 1.94 bits per heavy atom. The smallest absolute Gasteiger partial charge is 0.128 e. The lowest BCUT2D eigenvalue weighted by atomic mass is 10.2. The molecule has 5 heteroatoms. The minimum Gasteiger partial charge on any atom is -0.377 e. The SMILES string of the molecule is COC1CN(c2ccc(CCN)cn2)CC1OC. The highest BCUT2D eigenvalue weighted by Gasteiger charge is 2.33. The molecule has 1 aromatic rings. The van der Waals surface area contributed by atoms with Crippen molar-refractivity contribution in [2.24, 2.45) is 5.73 Å². The molecule has 2 unspecified atom stereocenters. The lowest BCUT2D eigenvalue weighted by molar-refractivity contribution is -0.00461. The van der Waals surface area contributed by atoms with Gasteiger partial charge in [0.15, 0.2) is 0 Å². The average molecular weight is 251 g/mol. The van der Waals surface area contributed by atoms with Gasteiger partial charge in [-0.15, -0.1) is 0 Å². The first kappa shape index (κ1) is 13.3. The molecule has 0 radical (unpaired) electrons. The molecule has 18 heavy (non-hydrogen) atoms. The molecule has 2 N–H and O–H groups in total. The zero-order chi connectivity index (χ0) is 13.0. The first-order valence-electron chi connectivity index (χ1n) is 6.24. The van der Waals surface area contributed by atoms with Crippen molar-refractivity contribution in [3.05, 3.63) is 23.9 Å². The summed E-state index contributed by atoms with van der Waals surface area (Å²) in [5.74, 6) is 0.970. The van der Waals surface area contributed by atoms with Crippen molar-refractivity contribution in [3.63, 3.8) is 0 Å². The summed E-state index contributed by atoms with van der Waals surface area (Å²) in [6.07, 6.45) is 2.99. The van der Waals surface area contributed by atoms with Gasteiger partial charge in [-0.05, 0) is 24.6 Å². The number of methoxy groups -OCH3 is 2. The highest BCUT2D eigenvalue weighted by molar-refractivity contribution is 5.41. The van der Waals surface area contributed by atoms with Crippen molar-refractivity contribution in [1.82, 2.24) is 4.98 Å². The van der Waals surface area contributed by atoms with Crippen LogP contribution >= 0.6 is 0 Å². The van der Waals surface area contributed by atoms with E-state index in [9.17, 15) is 0 Å².